The fourth-order valence-electron chi connectivity index (χ4n) is 0.635. The number of hydrogen-bond acceptors (Lipinski definition) is 6. The molecule has 0 rings (SSSR count). The average molecular weight is 225 g/mol. The van der Waals surface area contributed by atoms with Crippen LogP contribution in [0.15, 0.2) is 25.3 Å². The monoisotopic (exact) mass is 225 g/mol. The third kappa shape index (κ3) is 6.25. The van der Waals surface area contributed by atoms with Gasteiger partial charge in [-0.15, -0.1) is 0 Å². The maximum Gasteiger partial charge on any atom is 0.337 e. The van der Waals surface area contributed by atoms with Gasteiger partial charge in [0.25, 0.3) is 0 Å². The molecule has 16 heavy (non-hydrogen) atoms. The van der Waals surface area contributed by atoms with Crippen LogP contribution in [0.25, 0.3) is 0 Å². The molecule has 0 spiro atoms. The van der Waals surface area contributed by atoms with Gasteiger partial charge in [-0.3, -0.25) is 10.2 Å². The second-order valence-corrected chi connectivity index (χ2v) is 2.55. The second-order valence-electron chi connectivity index (χ2n) is 2.55. The van der Waals surface area contributed by atoms with Gasteiger partial charge in [0, 0.05) is 18.6 Å². The largest absolute Gasteiger partial charge is 0.409 e. The lowest BCUT2D eigenvalue weighted by Gasteiger charge is -2.02. The first kappa shape index (κ1) is 13.8. The van der Waals surface area contributed by atoms with Crippen molar-refractivity contribution >= 4 is 23.8 Å². The molecule has 0 aromatic carbocycles. The highest BCUT2D eigenvalue weighted by atomic mass is 16.6. The Morgan fingerprint density at radius 1 is 1.00 bits per heavy atom. The van der Waals surface area contributed by atoms with Crippen LogP contribution in [0.2, 0.25) is 0 Å². The van der Waals surface area contributed by atoms with Gasteiger partial charge in [0.2, 0.25) is 0 Å². The van der Waals surface area contributed by atoms with Crippen molar-refractivity contribution in [3.8, 4) is 0 Å². The van der Waals surface area contributed by atoms with Crippen LogP contribution in [0, 0.1) is 5.41 Å². The Morgan fingerprint density at radius 3 is 2.00 bits per heavy atom. The Hall–Kier alpha value is -2.24. The number of carbonyl (C=O) groups excluding carboxylic acids is 3. The van der Waals surface area contributed by atoms with E-state index < -0.39 is 23.8 Å². The molecule has 6 nitrogen and oxygen atoms in total. The number of nitrogens with one attached hydrogen (secondary N) is 1. The van der Waals surface area contributed by atoms with Gasteiger partial charge < -0.3 is 9.47 Å². The Labute approximate surface area is 92.0 Å². The van der Waals surface area contributed by atoms with Crippen molar-refractivity contribution in [3.05, 3.63) is 25.3 Å². The van der Waals surface area contributed by atoms with E-state index in [1.165, 1.54) is 0 Å². The van der Waals surface area contributed by atoms with E-state index in [9.17, 15) is 14.4 Å². The maximum absolute atomic E-state index is 10.9. The van der Waals surface area contributed by atoms with Crippen LogP contribution >= 0.6 is 0 Å². The lowest BCUT2D eigenvalue weighted by molar-refractivity contribution is -0.156. The molecule has 0 aliphatic heterocycles. The molecule has 86 valence electrons. The van der Waals surface area contributed by atoms with E-state index in [1.54, 1.807) is 0 Å². The number of esters is 3. The third-order valence-corrected chi connectivity index (χ3v) is 1.33. The van der Waals surface area contributed by atoms with E-state index in [0.29, 0.717) is 0 Å². The molecule has 0 heterocycles. The first-order valence-electron chi connectivity index (χ1n) is 4.28. The quantitative estimate of drug-likeness (QED) is 0.245. The Kier molecular flexibility index (Phi) is 6.11. The molecule has 0 aromatic heterocycles. The van der Waals surface area contributed by atoms with Gasteiger partial charge in [-0.2, -0.15) is 0 Å². The van der Waals surface area contributed by atoms with Crippen LogP contribution in [0.4, 0.5) is 0 Å². The van der Waals surface area contributed by atoms with Crippen LogP contribution in [0.3, 0.4) is 0 Å². The molecule has 0 saturated heterocycles. The summed E-state index contributed by atoms with van der Waals surface area (Å²) in [6, 6.07) is 0. The van der Waals surface area contributed by atoms with E-state index in [1.807, 2.05) is 0 Å². The summed E-state index contributed by atoms with van der Waals surface area (Å²) in [6.07, 6.45) is 1.38. The lowest BCUT2D eigenvalue weighted by Crippen LogP contribution is -2.14. The Balaban J connectivity index is 3.88. The highest BCUT2D eigenvalue weighted by molar-refractivity contribution is 5.95. The summed E-state index contributed by atoms with van der Waals surface area (Å²) in [6.45, 7) is 6.25. The number of hydrogen-bond donors (Lipinski definition) is 1. The average Bonchev–Trinajstić information content (AvgIpc) is 2.26. The SMILES string of the molecule is C=CC(=O)OC(=N)CCC(=O)OC(=O)C=C. The summed E-state index contributed by atoms with van der Waals surface area (Å²) in [5, 5.41) is 7.14. The van der Waals surface area contributed by atoms with Crippen molar-refractivity contribution in [2.45, 2.75) is 12.8 Å². The molecule has 0 radical (unpaired) electrons. The van der Waals surface area contributed by atoms with E-state index >= 15 is 0 Å². The molecule has 0 aliphatic rings. The minimum absolute atomic E-state index is 0.136. The molecule has 0 bridgehead atoms. The number of carbonyl (C=O) groups is 3. The third-order valence-electron chi connectivity index (χ3n) is 1.33. The van der Waals surface area contributed by atoms with Gasteiger partial charge in [-0.05, 0) is 0 Å². The standard InChI is InChI=1S/C10H11NO5/c1-3-8(12)15-7(11)5-6-10(14)16-9(13)4-2/h3-4,11H,1-2,5-6H2. The number of ether oxygens (including phenoxy) is 2. The normalized spacial score (nSPS) is 8.75. The molecule has 0 saturated carbocycles. The van der Waals surface area contributed by atoms with Crippen molar-refractivity contribution in [1.29, 1.82) is 5.41 Å². The van der Waals surface area contributed by atoms with Crippen molar-refractivity contribution in [2.24, 2.45) is 0 Å². The minimum Gasteiger partial charge on any atom is -0.409 e. The molecule has 0 fully saturated rings. The fraction of sp³-hybridized carbons (Fsp3) is 0.200. The molecule has 0 unspecified atom stereocenters. The van der Waals surface area contributed by atoms with Gasteiger partial charge in [0.1, 0.15) is 0 Å². The first-order chi connectivity index (χ1) is 7.49. The van der Waals surface area contributed by atoms with Crippen LogP contribution in [0.5, 0.6) is 0 Å². The Morgan fingerprint density at radius 2 is 1.50 bits per heavy atom. The predicted molar refractivity (Wildman–Crippen MR) is 54.5 cm³/mol. The molecule has 1 N–H and O–H groups in total. The zero-order valence-electron chi connectivity index (χ0n) is 8.52. The summed E-state index contributed by atoms with van der Waals surface area (Å²) in [4.78, 5) is 32.1. The van der Waals surface area contributed by atoms with Gasteiger partial charge in [0.05, 0.1) is 6.42 Å². The number of rotatable bonds is 5. The van der Waals surface area contributed by atoms with E-state index in [2.05, 4.69) is 22.6 Å². The lowest BCUT2D eigenvalue weighted by atomic mass is 10.3. The van der Waals surface area contributed by atoms with Crippen LogP contribution in [-0.4, -0.2) is 23.8 Å². The van der Waals surface area contributed by atoms with Crippen LogP contribution < -0.4 is 0 Å². The zero-order chi connectivity index (χ0) is 12.6. The molecular weight excluding hydrogens is 214 g/mol. The molecule has 0 aromatic rings. The summed E-state index contributed by atoms with van der Waals surface area (Å²) in [7, 11) is 0. The summed E-state index contributed by atoms with van der Waals surface area (Å²) >= 11 is 0. The molecule has 0 atom stereocenters. The van der Waals surface area contributed by atoms with Gasteiger partial charge in [-0.25, -0.2) is 9.59 Å². The summed E-state index contributed by atoms with van der Waals surface area (Å²) in [5.41, 5.74) is 0. The topological polar surface area (TPSA) is 93.5 Å². The van der Waals surface area contributed by atoms with Gasteiger partial charge >= 0.3 is 17.9 Å². The van der Waals surface area contributed by atoms with Crippen LogP contribution in [0.1, 0.15) is 12.8 Å². The molecular formula is C10H11NO5. The zero-order valence-corrected chi connectivity index (χ0v) is 8.52. The summed E-state index contributed by atoms with van der Waals surface area (Å²) in [5.74, 6) is -2.85. The van der Waals surface area contributed by atoms with Gasteiger partial charge in [0.15, 0.2) is 5.90 Å². The molecule has 0 amide bonds. The minimum atomic E-state index is -0.861. The predicted octanol–water partition coefficient (Wildman–Crippen LogP) is 0.729. The summed E-state index contributed by atoms with van der Waals surface area (Å²) < 4.78 is 8.62. The highest BCUT2D eigenvalue weighted by Gasteiger charge is 2.10. The molecule has 0 aliphatic carbocycles. The first-order valence-corrected chi connectivity index (χ1v) is 4.28. The second kappa shape index (κ2) is 7.10. The highest BCUT2D eigenvalue weighted by Crippen LogP contribution is 1.97. The van der Waals surface area contributed by atoms with E-state index in [4.69, 9.17) is 5.41 Å². The van der Waals surface area contributed by atoms with Crippen molar-refractivity contribution in [1.82, 2.24) is 0 Å². The smallest absolute Gasteiger partial charge is 0.337 e. The maximum atomic E-state index is 10.9. The molecule has 6 heteroatoms. The Bertz CT molecular complexity index is 311. The van der Waals surface area contributed by atoms with E-state index in [0.717, 1.165) is 12.2 Å². The van der Waals surface area contributed by atoms with E-state index in [-0.39, 0.29) is 12.8 Å². The van der Waals surface area contributed by atoms with Crippen molar-refractivity contribution in [3.63, 3.8) is 0 Å². The van der Waals surface area contributed by atoms with Gasteiger partial charge in [-0.1, -0.05) is 13.2 Å². The van der Waals surface area contributed by atoms with Crippen molar-refractivity contribution in [2.75, 3.05) is 0 Å². The fourth-order valence-corrected chi connectivity index (χ4v) is 0.635. The van der Waals surface area contributed by atoms with Crippen molar-refractivity contribution < 1.29 is 23.9 Å². The van der Waals surface area contributed by atoms with Crippen LogP contribution in [-0.2, 0) is 23.9 Å².